The minimum Gasteiger partial charge on any atom is -0.391 e. The number of benzene rings is 1. The van der Waals surface area contributed by atoms with Crippen molar-refractivity contribution in [2.24, 2.45) is 0 Å². The summed E-state index contributed by atoms with van der Waals surface area (Å²) in [6, 6.07) is 9.35. The van der Waals surface area contributed by atoms with Gasteiger partial charge >= 0.3 is 6.03 Å². The van der Waals surface area contributed by atoms with Crippen molar-refractivity contribution in [2.45, 2.75) is 32.3 Å². The highest BCUT2D eigenvalue weighted by atomic mass is 32.1. The molecule has 2 aromatic rings. The number of thiazole rings is 1. The van der Waals surface area contributed by atoms with Crippen molar-refractivity contribution in [3.05, 3.63) is 47.0 Å². The van der Waals surface area contributed by atoms with Crippen LogP contribution in [0, 0.1) is 0 Å². The maximum Gasteiger partial charge on any atom is 0.321 e. The third-order valence-electron chi connectivity index (χ3n) is 3.08. The van der Waals surface area contributed by atoms with E-state index in [1.54, 1.807) is 6.20 Å². The highest BCUT2D eigenvalue weighted by molar-refractivity contribution is 7.15. The summed E-state index contributed by atoms with van der Waals surface area (Å²) < 4.78 is 0. The van der Waals surface area contributed by atoms with E-state index in [-0.39, 0.29) is 12.6 Å². The number of nitrogens with zero attached hydrogens (tertiary/aromatic N) is 1. The fourth-order valence-corrected chi connectivity index (χ4v) is 2.95. The maximum atomic E-state index is 11.8. The van der Waals surface area contributed by atoms with Gasteiger partial charge in [0, 0.05) is 24.0 Å². The zero-order valence-electron chi connectivity index (χ0n) is 12.6. The molecule has 6 heteroatoms. The zero-order valence-corrected chi connectivity index (χ0v) is 13.4. The molecule has 5 nitrogen and oxygen atoms in total. The third kappa shape index (κ3) is 5.46. The minimum atomic E-state index is -0.611. The molecule has 1 heterocycles. The lowest BCUT2D eigenvalue weighted by atomic mass is 10.1. The van der Waals surface area contributed by atoms with Crippen molar-refractivity contribution in [2.75, 3.05) is 11.9 Å². The maximum absolute atomic E-state index is 11.8. The highest BCUT2D eigenvalue weighted by Crippen LogP contribution is 2.19. The number of rotatable bonds is 7. The first-order chi connectivity index (χ1) is 10.7. The average Bonchev–Trinajstić information content (AvgIpc) is 2.94. The molecule has 0 bridgehead atoms. The standard InChI is InChI=1S/C16H21N3O2S/c1-2-6-14-11-18-16(22-14)19-15(21)17-10-13(20)9-12-7-4-3-5-8-12/h3-5,7-8,11,13,20H,2,6,9-10H2,1H3,(H2,17,18,19,21). The summed E-state index contributed by atoms with van der Waals surface area (Å²) >= 11 is 1.48. The van der Waals surface area contributed by atoms with E-state index < -0.39 is 6.10 Å². The molecule has 1 aromatic heterocycles. The molecule has 22 heavy (non-hydrogen) atoms. The smallest absolute Gasteiger partial charge is 0.321 e. The molecular weight excluding hydrogens is 298 g/mol. The summed E-state index contributed by atoms with van der Waals surface area (Å²) in [7, 11) is 0. The van der Waals surface area contributed by atoms with Crippen LogP contribution < -0.4 is 10.6 Å². The summed E-state index contributed by atoms with van der Waals surface area (Å²) in [5.41, 5.74) is 1.04. The molecule has 0 radical (unpaired) electrons. The van der Waals surface area contributed by atoms with E-state index in [1.165, 1.54) is 11.3 Å². The number of anilines is 1. The number of carbonyl (C=O) groups excluding carboxylic acids is 1. The summed E-state index contributed by atoms with van der Waals surface area (Å²) in [6.45, 7) is 2.31. The number of urea groups is 1. The molecule has 2 amide bonds. The molecular formula is C16H21N3O2S. The van der Waals surface area contributed by atoms with Gasteiger partial charge in [0.05, 0.1) is 6.10 Å². The Hall–Kier alpha value is -1.92. The van der Waals surface area contributed by atoms with Crippen LogP contribution in [0.4, 0.5) is 9.93 Å². The van der Waals surface area contributed by atoms with Crippen LogP contribution in [-0.2, 0) is 12.8 Å². The Labute approximate surface area is 134 Å². The van der Waals surface area contributed by atoms with Gasteiger partial charge in [0.2, 0.25) is 0 Å². The topological polar surface area (TPSA) is 74.2 Å². The molecule has 3 N–H and O–H groups in total. The highest BCUT2D eigenvalue weighted by Gasteiger charge is 2.09. The SMILES string of the molecule is CCCc1cnc(NC(=O)NCC(O)Cc2ccccc2)s1. The summed E-state index contributed by atoms with van der Waals surface area (Å²) in [4.78, 5) is 17.1. The van der Waals surface area contributed by atoms with Crippen LogP contribution in [0.25, 0.3) is 0 Å². The lowest BCUT2D eigenvalue weighted by Crippen LogP contribution is -2.36. The summed E-state index contributed by atoms with van der Waals surface area (Å²) in [5, 5.41) is 15.9. The molecule has 0 spiro atoms. The lowest BCUT2D eigenvalue weighted by molar-refractivity contribution is 0.172. The van der Waals surface area contributed by atoms with Gasteiger partial charge in [-0.05, 0) is 12.0 Å². The van der Waals surface area contributed by atoms with Gasteiger partial charge in [-0.25, -0.2) is 9.78 Å². The van der Waals surface area contributed by atoms with E-state index in [9.17, 15) is 9.90 Å². The van der Waals surface area contributed by atoms with Gasteiger partial charge in [-0.1, -0.05) is 43.7 Å². The van der Waals surface area contributed by atoms with Crippen LogP contribution in [0.1, 0.15) is 23.8 Å². The Morgan fingerprint density at radius 3 is 2.86 bits per heavy atom. The van der Waals surface area contributed by atoms with E-state index in [0.717, 1.165) is 23.3 Å². The van der Waals surface area contributed by atoms with Crippen molar-refractivity contribution in [1.82, 2.24) is 10.3 Å². The number of aliphatic hydroxyl groups is 1. The molecule has 118 valence electrons. The fraction of sp³-hybridized carbons (Fsp3) is 0.375. The predicted molar refractivity (Wildman–Crippen MR) is 89.3 cm³/mol. The summed E-state index contributed by atoms with van der Waals surface area (Å²) in [5.74, 6) is 0. The quantitative estimate of drug-likeness (QED) is 0.734. The number of carbonyl (C=O) groups is 1. The predicted octanol–water partition coefficient (Wildman–Crippen LogP) is 2.82. The van der Waals surface area contributed by atoms with Gasteiger partial charge in [-0.2, -0.15) is 0 Å². The molecule has 0 aliphatic carbocycles. The largest absolute Gasteiger partial charge is 0.391 e. The fourth-order valence-electron chi connectivity index (χ4n) is 2.04. The van der Waals surface area contributed by atoms with Crippen molar-refractivity contribution < 1.29 is 9.90 Å². The zero-order chi connectivity index (χ0) is 15.8. The number of aromatic nitrogens is 1. The van der Waals surface area contributed by atoms with E-state index >= 15 is 0 Å². The van der Waals surface area contributed by atoms with E-state index in [4.69, 9.17) is 0 Å². The van der Waals surface area contributed by atoms with Crippen LogP contribution in [0.15, 0.2) is 36.5 Å². The monoisotopic (exact) mass is 319 g/mol. The Kier molecular flexibility index (Phi) is 6.36. The molecule has 2 rings (SSSR count). The third-order valence-corrected chi connectivity index (χ3v) is 4.06. The number of nitrogens with one attached hydrogen (secondary N) is 2. The molecule has 0 saturated carbocycles. The molecule has 0 aliphatic heterocycles. The molecule has 0 saturated heterocycles. The van der Waals surface area contributed by atoms with Crippen LogP contribution in [0.5, 0.6) is 0 Å². The van der Waals surface area contributed by atoms with Gasteiger partial charge < -0.3 is 10.4 Å². The van der Waals surface area contributed by atoms with Crippen molar-refractivity contribution in [3.63, 3.8) is 0 Å². The second-order valence-corrected chi connectivity index (χ2v) is 6.18. The van der Waals surface area contributed by atoms with E-state index in [2.05, 4.69) is 22.5 Å². The Balaban J connectivity index is 1.72. The van der Waals surface area contributed by atoms with Crippen molar-refractivity contribution in [1.29, 1.82) is 0 Å². The number of aliphatic hydroxyl groups excluding tert-OH is 1. The van der Waals surface area contributed by atoms with Crippen molar-refractivity contribution in [3.8, 4) is 0 Å². The van der Waals surface area contributed by atoms with Gasteiger partial charge in [0.1, 0.15) is 0 Å². The number of aryl methyl sites for hydroxylation is 1. The first-order valence-electron chi connectivity index (χ1n) is 7.39. The van der Waals surface area contributed by atoms with Crippen LogP contribution in [-0.4, -0.2) is 28.8 Å². The summed E-state index contributed by atoms with van der Waals surface area (Å²) in [6.07, 6.45) is 3.71. The normalized spacial score (nSPS) is 11.9. The lowest BCUT2D eigenvalue weighted by Gasteiger charge is -2.12. The second kappa shape index (κ2) is 8.51. The minimum absolute atomic E-state index is 0.202. The average molecular weight is 319 g/mol. The van der Waals surface area contributed by atoms with Crippen molar-refractivity contribution >= 4 is 22.5 Å². The Morgan fingerprint density at radius 1 is 1.36 bits per heavy atom. The van der Waals surface area contributed by atoms with Gasteiger partial charge in [0.15, 0.2) is 5.13 Å². The molecule has 0 fully saturated rings. The molecule has 1 aromatic carbocycles. The number of amides is 2. The molecule has 1 atom stereocenters. The number of hydrogen-bond acceptors (Lipinski definition) is 4. The Bertz CT molecular complexity index is 586. The molecule has 1 unspecified atom stereocenters. The van der Waals surface area contributed by atoms with Gasteiger partial charge in [0.25, 0.3) is 0 Å². The van der Waals surface area contributed by atoms with Crippen LogP contribution in [0.3, 0.4) is 0 Å². The first-order valence-corrected chi connectivity index (χ1v) is 8.20. The van der Waals surface area contributed by atoms with Crippen LogP contribution >= 0.6 is 11.3 Å². The first kappa shape index (κ1) is 16.5. The molecule has 0 aliphatic rings. The van der Waals surface area contributed by atoms with Gasteiger partial charge in [-0.15, -0.1) is 11.3 Å². The second-order valence-electron chi connectivity index (χ2n) is 5.06. The Morgan fingerprint density at radius 2 is 2.14 bits per heavy atom. The number of hydrogen-bond donors (Lipinski definition) is 3. The van der Waals surface area contributed by atoms with E-state index in [1.807, 2.05) is 30.3 Å². The van der Waals surface area contributed by atoms with Crippen LogP contribution in [0.2, 0.25) is 0 Å². The van der Waals surface area contributed by atoms with E-state index in [0.29, 0.717) is 11.6 Å². The van der Waals surface area contributed by atoms with Gasteiger partial charge in [-0.3, -0.25) is 5.32 Å².